The minimum atomic E-state index is -4.43. The van der Waals surface area contributed by atoms with Crippen molar-refractivity contribution in [3.05, 3.63) is 59.2 Å². The third-order valence-electron chi connectivity index (χ3n) is 3.93. The van der Waals surface area contributed by atoms with Crippen LogP contribution in [-0.2, 0) is 12.7 Å². The van der Waals surface area contributed by atoms with Crippen molar-refractivity contribution in [1.29, 1.82) is 0 Å². The summed E-state index contributed by atoms with van der Waals surface area (Å²) in [6.07, 6.45) is -4.43. The number of carbonyl (C=O) groups is 1. The number of nitrogens with one attached hydrogen (secondary N) is 2. The molecule has 0 aliphatic heterocycles. The van der Waals surface area contributed by atoms with E-state index in [-0.39, 0.29) is 6.54 Å². The Morgan fingerprint density at radius 1 is 1.07 bits per heavy atom. The van der Waals surface area contributed by atoms with Crippen molar-refractivity contribution >= 4 is 6.03 Å². The van der Waals surface area contributed by atoms with Gasteiger partial charge in [0, 0.05) is 12.6 Å². The number of benzene rings is 2. The maximum Gasteiger partial charge on any atom is 0.416 e. The normalized spacial score (nSPS) is 12.2. The van der Waals surface area contributed by atoms with Crippen LogP contribution in [0.15, 0.2) is 42.5 Å². The molecule has 146 valence electrons. The molecule has 0 saturated carbocycles. The highest BCUT2D eigenvalue weighted by Gasteiger charge is 2.30. The summed E-state index contributed by atoms with van der Waals surface area (Å²) < 4.78 is 48.7. The topological polar surface area (TPSA) is 59.6 Å². The van der Waals surface area contributed by atoms with Crippen molar-refractivity contribution in [3.8, 4) is 11.5 Å². The largest absolute Gasteiger partial charge is 0.497 e. The van der Waals surface area contributed by atoms with Gasteiger partial charge in [0.1, 0.15) is 11.5 Å². The smallest absolute Gasteiger partial charge is 0.416 e. The Morgan fingerprint density at radius 2 is 1.70 bits per heavy atom. The molecule has 0 aliphatic rings. The lowest BCUT2D eigenvalue weighted by molar-refractivity contribution is -0.137. The van der Waals surface area contributed by atoms with Crippen LogP contribution in [-0.4, -0.2) is 20.3 Å². The summed E-state index contributed by atoms with van der Waals surface area (Å²) in [7, 11) is 3.05. The molecule has 2 amide bonds. The highest BCUT2D eigenvalue weighted by atomic mass is 19.4. The molecule has 0 radical (unpaired) electrons. The molecule has 5 nitrogen and oxygen atoms in total. The fourth-order valence-corrected chi connectivity index (χ4v) is 2.47. The molecule has 27 heavy (non-hydrogen) atoms. The van der Waals surface area contributed by atoms with E-state index in [0.717, 1.165) is 17.7 Å². The summed E-state index contributed by atoms with van der Waals surface area (Å²) in [5.74, 6) is 1.17. The lowest BCUT2D eigenvalue weighted by Gasteiger charge is -2.17. The van der Waals surface area contributed by atoms with Crippen LogP contribution in [0.5, 0.6) is 11.5 Å². The third kappa shape index (κ3) is 5.80. The quantitative estimate of drug-likeness (QED) is 0.784. The molecule has 0 fully saturated rings. The Bertz CT molecular complexity index is 772. The molecule has 1 atom stereocenters. The zero-order valence-electron chi connectivity index (χ0n) is 15.2. The molecule has 0 aromatic heterocycles. The average Bonchev–Trinajstić information content (AvgIpc) is 2.65. The van der Waals surface area contributed by atoms with Crippen molar-refractivity contribution in [2.24, 2.45) is 0 Å². The van der Waals surface area contributed by atoms with Gasteiger partial charge in [-0.05, 0) is 42.3 Å². The van der Waals surface area contributed by atoms with E-state index in [1.807, 2.05) is 0 Å². The highest BCUT2D eigenvalue weighted by Crippen LogP contribution is 2.30. The molecule has 2 aromatic rings. The van der Waals surface area contributed by atoms with E-state index in [4.69, 9.17) is 9.47 Å². The maximum absolute atomic E-state index is 12.8. The maximum atomic E-state index is 12.8. The van der Waals surface area contributed by atoms with E-state index in [1.54, 1.807) is 25.1 Å². The van der Waals surface area contributed by atoms with Gasteiger partial charge in [-0.25, -0.2) is 4.79 Å². The Hall–Kier alpha value is -2.90. The van der Waals surface area contributed by atoms with E-state index in [1.165, 1.54) is 26.4 Å². The number of hydrogen-bond donors (Lipinski definition) is 2. The van der Waals surface area contributed by atoms with Gasteiger partial charge < -0.3 is 20.1 Å². The number of urea groups is 1. The van der Waals surface area contributed by atoms with Crippen LogP contribution in [0.4, 0.5) is 18.0 Å². The van der Waals surface area contributed by atoms with Crippen molar-refractivity contribution in [3.63, 3.8) is 0 Å². The Balaban J connectivity index is 1.98. The SMILES string of the molecule is COc1cc(CNC(=O)NC(C)c2cccc(C(F)(F)F)c2)cc(OC)c1. The lowest BCUT2D eigenvalue weighted by Crippen LogP contribution is -2.36. The van der Waals surface area contributed by atoms with Crippen LogP contribution in [0.3, 0.4) is 0 Å². The average molecular weight is 382 g/mol. The Morgan fingerprint density at radius 3 is 2.26 bits per heavy atom. The second kappa shape index (κ2) is 8.66. The van der Waals surface area contributed by atoms with E-state index in [2.05, 4.69) is 10.6 Å². The number of carbonyl (C=O) groups excluding carboxylic acids is 1. The molecule has 2 rings (SSSR count). The summed E-state index contributed by atoms with van der Waals surface area (Å²) in [5, 5.41) is 5.29. The van der Waals surface area contributed by atoms with Crippen molar-refractivity contribution in [2.75, 3.05) is 14.2 Å². The van der Waals surface area contributed by atoms with Gasteiger partial charge in [0.05, 0.1) is 25.8 Å². The first-order valence-electron chi connectivity index (χ1n) is 8.16. The van der Waals surface area contributed by atoms with Crippen molar-refractivity contribution in [1.82, 2.24) is 10.6 Å². The first kappa shape index (κ1) is 20.4. The molecule has 0 spiro atoms. The second-order valence-corrected chi connectivity index (χ2v) is 5.89. The molecule has 0 aliphatic carbocycles. The monoisotopic (exact) mass is 382 g/mol. The van der Waals surface area contributed by atoms with E-state index in [0.29, 0.717) is 17.1 Å². The van der Waals surface area contributed by atoms with Gasteiger partial charge in [0.2, 0.25) is 0 Å². The van der Waals surface area contributed by atoms with Gasteiger partial charge in [-0.15, -0.1) is 0 Å². The van der Waals surface area contributed by atoms with Crippen LogP contribution >= 0.6 is 0 Å². The second-order valence-electron chi connectivity index (χ2n) is 5.89. The molecular formula is C19H21F3N2O3. The predicted octanol–water partition coefficient (Wildman–Crippen LogP) is 4.28. The summed E-state index contributed by atoms with van der Waals surface area (Å²) in [4.78, 5) is 12.1. The predicted molar refractivity (Wildman–Crippen MR) is 94.8 cm³/mol. The number of ether oxygens (including phenoxy) is 2. The fourth-order valence-electron chi connectivity index (χ4n) is 2.47. The van der Waals surface area contributed by atoms with Gasteiger partial charge in [-0.3, -0.25) is 0 Å². The third-order valence-corrected chi connectivity index (χ3v) is 3.93. The summed E-state index contributed by atoms with van der Waals surface area (Å²) in [5.41, 5.74) is 0.369. The van der Waals surface area contributed by atoms with E-state index >= 15 is 0 Å². The Labute approximate surface area is 155 Å². The molecule has 0 heterocycles. The first-order valence-corrected chi connectivity index (χ1v) is 8.16. The standard InChI is InChI=1S/C19H21F3N2O3/c1-12(14-5-4-6-15(9-14)19(20,21)22)24-18(25)23-11-13-7-16(26-2)10-17(8-13)27-3/h4-10,12H,11H2,1-3H3,(H2,23,24,25). The number of methoxy groups -OCH3 is 2. The van der Waals surface area contributed by atoms with Crippen LogP contribution in [0, 0.1) is 0 Å². The van der Waals surface area contributed by atoms with Gasteiger partial charge in [-0.2, -0.15) is 13.2 Å². The highest BCUT2D eigenvalue weighted by molar-refractivity contribution is 5.74. The summed E-state index contributed by atoms with van der Waals surface area (Å²) >= 11 is 0. The van der Waals surface area contributed by atoms with Crippen molar-refractivity contribution in [2.45, 2.75) is 25.7 Å². The van der Waals surface area contributed by atoms with Gasteiger partial charge in [0.25, 0.3) is 0 Å². The molecule has 0 saturated heterocycles. The number of halogens is 3. The molecule has 2 aromatic carbocycles. The van der Waals surface area contributed by atoms with Crippen LogP contribution < -0.4 is 20.1 Å². The lowest BCUT2D eigenvalue weighted by atomic mass is 10.1. The molecule has 0 bridgehead atoms. The minimum Gasteiger partial charge on any atom is -0.497 e. The van der Waals surface area contributed by atoms with Gasteiger partial charge in [0.15, 0.2) is 0 Å². The van der Waals surface area contributed by atoms with E-state index < -0.39 is 23.8 Å². The number of hydrogen-bond acceptors (Lipinski definition) is 3. The zero-order valence-corrected chi connectivity index (χ0v) is 15.2. The number of rotatable bonds is 6. The summed E-state index contributed by atoms with van der Waals surface area (Å²) in [6, 6.07) is 8.99. The molecule has 1 unspecified atom stereocenters. The Kier molecular flexibility index (Phi) is 6.55. The molecular weight excluding hydrogens is 361 g/mol. The first-order chi connectivity index (χ1) is 12.7. The fraction of sp³-hybridized carbons (Fsp3) is 0.316. The van der Waals surface area contributed by atoms with E-state index in [9.17, 15) is 18.0 Å². The minimum absolute atomic E-state index is 0.203. The van der Waals surface area contributed by atoms with Crippen LogP contribution in [0.2, 0.25) is 0 Å². The van der Waals surface area contributed by atoms with Crippen LogP contribution in [0.25, 0.3) is 0 Å². The van der Waals surface area contributed by atoms with Crippen LogP contribution in [0.1, 0.15) is 29.7 Å². The molecule has 2 N–H and O–H groups in total. The number of amides is 2. The summed E-state index contributed by atoms with van der Waals surface area (Å²) in [6.45, 7) is 1.82. The van der Waals surface area contributed by atoms with Gasteiger partial charge >= 0.3 is 12.2 Å². The molecule has 8 heteroatoms. The van der Waals surface area contributed by atoms with Crippen molar-refractivity contribution < 1.29 is 27.4 Å². The zero-order chi connectivity index (χ0) is 20.0. The number of alkyl halides is 3. The van der Waals surface area contributed by atoms with Gasteiger partial charge in [-0.1, -0.05) is 12.1 Å².